The summed E-state index contributed by atoms with van der Waals surface area (Å²) in [6.45, 7) is 3.25. The van der Waals surface area contributed by atoms with E-state index in [-0.39, 0.29) is 37.4 Å². The number of carbonyl (C=O) groups excluding carboxylic acids is 3. The molecule has 3 amide bonds. The topological polar surface area (TPSA) is 99.6 Å². The first-order valence-corrected chi connectivity index (χ1v) is 14.8. The molecule has 42 heavy (non-hydrogen) atoms. The van der Waals surface area contributed by atoms with E-state index in [1.54, 1.807) is 32.9 Å². The Bertz CT molecular complexity index is 1430. The van der Waals surface area contributed by atoms with E-state index in [1.165, 1.54) is 0 Å². The van der Waals surface area contributed by atoms with Crippen LogP contribution < -0.4 is 14.5 Å². The van der Waals surface area contributed by atoms with Crippen LogP contribution in [0.5, 0.6) is 5.75 Å². The zero-order valence-electron chi connectivity index (χ0n) is 23.4. The van der Waals surface area contributed by atoms with Gasteiger partial charge in [-0.15, -0.1) is 0 Å². The minimum atomic E-state index is -1.33. The Kier molecular flexibility index (Phi) is 7.83. The molecule has 6 rings (SSSR count). The second-order valence-corrected chi connectivity index (χ2v) is 11.3. The number of unbranched alkanes of at least 4 members (excludes halogenated alkanes) is 1. The van der Waals surface area contributed by atoms with Crippen molar-refractivity contribution in [3.05, 3.63) is 77.9 Å². The van der Waals surface area contributed by atoms with Gasteiger partial charge >= 0.3 is 0 Å². The van der Waals surface area contributed by atoms with Crippen molar-refractivity contribution in [3.8, 4) is 5.75 Å². The smallest absolute Gasteiger partial charge is 0.253 e. The zero-order valence-corrected chi connectivity index (χ0v) is 24.2. The van der Waals surface area contributed by atoms with Crippen LogP contribution in [0, 0.1) is 11.8 Å². The van der Waals surface area contributed by atoms with Crippen molar-refractivity contribution in [2.24, 2.45) is 11.8 Å². The van der Waals surface area contributed by atoms with Gasteiger partial charge in [0.1, 0.15) is 17.4 Å². The Balaban J connectivity index is 1.39. The SMILES string of the molecule is CCOc1ccc(N2CC=C[C@@H]3O[C@]45C=CCN(c6ccccc6Cl)C(=O)C4N(CCCCO)C(=O)[C@@H]5[C@@H]3C2=O)cc1. The standard InChI is InChI=1S/C32H34ClN3O6/c1-2-41-22-14-12-21(13-15-22)34-18-7-11-25-26(29(34)38)27-30(39)36(17-5-6-20-37)28-31(40)35(19-8-16-32(27,28)42-25)24-10-4-3-9-23(24)33/h3-4,7-16,25-28,37H,2,5-6,17-20H2,1H3/t25-,26+,27-,28?,32-/m0/s1. The van der Waals surface area contributed by atoms with Crippen LogP contribution in [-0.2, 0) is 19.1 Å². The summed E-state index contributed by atoms with van der Waals surface area (Å²) in [5.74, 6) is -1.85. The zero-order chi connectivity index (χ0) is 29.4. The Hall–Kier alpha value is -3.66. The lowest BCUT2D eigenvalue weighted by atomic mass is 9.77. The lowest BCUT2D eigenvalue weighted by Crippen LogP contribution is -2.55. The molecule has 1 spiro atoms. The van der Waals surface area contributed by atoms with E-state index in [2.05, 4.69) is 0 Å². The van der Waals surface area contributed by atoms with Crippen LogP contribution in [0.3, 0.4) is 0 Å². The maximum Gasteiger partial charge on any atom is 0.253 e. The number of likely N-dealkylation sites (tertiary alicyclic amines) is 1. The molecule has 4 aliphatic heterocycles. The van der Waals surface area contributed by atoms with Gasteiger partial charge in [0.05, 0.1) is 35.3 Å². The fraction of sp³-hybridized carbons (Fsp3) is 0.406. The predicted octanol–water partition coefficient (Wildman–Crippen LogP) is 3.60. The summed E-state index contributed by atoms with van der Waals surface area (Å²) < 4.78 is 12.3. The predicted molar refractivity (Wildman–Crippen MR) is 158 cm³/mol. The average molecular weight is 592 g/mol. The van der Waals surface area contributed by atoms with Crippen LogP contribution in [0.25, 0.3) is 0 Å². The minimum absolute atomic E-state index is 0.0254. The number of rotatable bonds is 8. The van der Waals surface area contributed by atoms with Crippen molar-refractivity contribution in [2.75, 3.05) is 42.6 Å². The number of fused-ring (bicyclic) bond motifs is 2. The number of carbonyl (C=O) groups is 3. The molecule has 0 bridgehead atoms. The van der Waals surface area contributed by atoms with Gasteiger partial charge in [0, 0.05) is 31.9 Å². The molecule has 2 aromatic carbocycles. The monoisotopic (exact) mass is 591 g/mol. The van der Waals surface area contributed by atoms with Gasteiger partial charge in [0.25, 0.3) is 5.91 Å². The quantitative estimate of drug-likeness (QED) is 0.372. The number of para-hydroxylation sites is 1. The van der Waals surface area contributed by atoms with Crippen LogP contribution in [0.15, 0.2) is 72.8 Å². The van der Waals surface area contributed by atoms with Crippen LogP contribution >= 0.6 is 11.6 Å². The molecule has 0 saturated carbocycles. The van der Waals surface area contributed by atoms with Crippen molar-refractivity contribution >= 4 is 40.7 Å². The molecule has 4 heterocycles. The highest BCUT2D eigenvalue weighted by molar-refractivity contribution is 6.34. The number of benzene rings is 2. The Morgan fingerprint density at radius 3 is 2.48 bits per heavy atom. The average Bonchev–Trinajstić information content (AvgIpc) is 3.29. The minimum Gasteiger partial charge on any atom is -0.494 e. The summed E-state index contributed by atoms with van der Waals surface area (Å²) in [7, 11) is 0. The lowest BCUT2D eigenvalue weighted by molar-refractivity contribution is -0.140. The molecule has 2 aromatic rings. The molecule has 10 heteroatoms. The third-order valence-electron chi connectivity index (χ3n) is 8.57. The lowest BCUT2D eigenvalue weighted by Gasteiger charge is -2.35. The summed E-state index contributed by atoms with van der Waals surface area (Å²) in [5, 5.41) is 9.85. The molecule has 0 aromatic heterocycles. The Labute approximate surface area is 249 Å². The van der Waals surface area contributed by atoms with Crippen molar-refractivity contribution in [3.63, 3.8) is 0 Å². The number of ether oxygens (including phenoxy) is 2. The van der Waals surface area contributed by atoms with Gasteiger partial charge in [-0.3, -0.25) is 14.4 Å². The number of aliphatic hydroxyl groups is 1. The maximum absolute atomic E-state index is 14.4. The van der Waals surface area contributed by atoms with E-state index in [1.807, 2.05) is 61.6 Å². The third-order valence-corrected chi connectivity index (χ3v) is 8.89. The van der Waals surface area contributed by atoms with Crippen molar-refractivity contribution in [1.29, 1.82) is 0 Å². The van der Waals surface area contributed by atoms with Crippen molar-refractivity contribution < 1.29 is 29.0 Å². The van der Waals surface area contributed by atoms with Gasteiger partial charge in [-0.1, -0.05) is 48.0 Å². The van der Waals surface area contributed by atoms with Crippen LogP contribution in [0.4, 0.5) is 11.4 Å². The first-order chi connectivity index (χ1) is 20.4. The molecule has 9 nitrogen and oxygen atoms in total. The van der Waals surface area contributed by atoms with Gasteiger partial charge in [-0.2, -0.15) is 0 Å². The van der Waals surface area contributed by atoms with Gasteiger partial charge in [-0.05, 0) is 56.2 Å². The highest BCUT2D eigenvalue weighted by Crippen LogP contribution is 2.54. The second kappa shape index (κ2) is 11.6. The normalized spacial score (nSPS) is 28.5. The van der Waals surface area contributed by atoms with E-state index in [9.17, 15) is 19.5 Å². The van der Waals surface area contributed by atoms with Gasteiger partial charge in [0.2, 0.25) is 11.8 Å². The number of hydrogen-bond donors (Lipinski definition) is 1. The number of anilines is 2. The molecule has 4 aliphatic rings. The summed E-state index contributed by atoms with van der Waals surface area (Å²) in [6.07, 6.45) is 7.69. The molecule has 1 N–H and O–H groups in total. The molecular formula is C32H34ClN3O6. The maximum atomic E-state index is 14.4. The number of nitrogens with zero attached hydrogens (tertiary/aromatic N) is 3. The summed E-state index contributed by atoms with van der Waals surface area (Å²) in [5.41, 5.74) is -0.101. The van der Waals surface area contributed by atoms with Gasteiger partial charge in [0.15, 0.2) is 0 Å². The molecular weight excluding hydrogens is 558 g/mol. The fourth-order valence-corrected chi connectivity index (χ4v) is 7.02. The highest BCUT2D eigenvalue weighted by Gasteiger charge is 2.71. The number of aliphatic hydroxyl groups excluding tert-OH is 1. The molecule has 220 valence electrons. The first-order valence-electron chi connectivity index (χ1n) is 14.4. The van der Waals surface area contributed by atoms with E-state index in [0.29, 0.717) is 48.1 Å². The Morgan fingerprint density at radius 2 is 1.74 bits per heavy atom. The van der Waals surface area contributed by atoms with Gasteiger partial charge < -0.3 is 29.3 Å². The van der Waals surface area contributed by atoms with E-state index in [4.69, 9.17) is 21.1 Å². The highest BCUT2D eigenvalue weighted by atomic mass is 35.5. The van der Waals surface area contributed by atoms with Crippen LogP contribution in [0.1, 0.15) is 19.8 Å². The number of amides is 3. The van der Waals surface area contributed by atoms with Gasteiger partial charge in [-0.25, -0.2) is 0 Å². The van der Waals surface area contributed by atoms with Crippen molar-refractivity contribution in [2.45, 2.75) is 37.5 Å². The number of halogens is 1. The van der Waals surface area contributed by atoms with E-state index >= 15 is 0 Å². The van der Waals surface area contributed by atoms with E-state index in [0.717, 1.165) is 0 Å². The summed E-state index contributed by atoms with van der Waals surface area (Å²) >= 11 is 6.51. The van der Waals surface area contributed by atoms with Crippen LogP contribution in [0.2, 0.25) is 5.02 Å². The third kappa shape index (κ3) is 4.60. The molecule has 0 radical (unpaired) electrons. The van der Waals surface area contributed by atoms with Crippen molar-refractivity contribution in [1.82, 2.24) is 4.90 Å². The summed E-state index contributed by atoms with van der Waals surface area (Å²) in [4.78, 5) is 47.8. The largest absolute Gasteiger partial charge is 0.494 e. The number of hydrogen-bond acceptors (Lipinski definition) is 6. The first kappa shape index (κ1) is 28.5. The molecule has 0 aliphatic carbocycles. The molecule has 1 unspecified atom stereocenters. The second-order valence-electron chi connectivity index (χ2n) is 10.9. The Morgan fingerprint density at radius 1 is 0.976 bits per heavy atom. The molecule has 2 saturated heterocycles. The van der Waals surface area contributed by atoms with Crippen LogP contribution in [-0.4, -0.2) is 78.3 Å². The fourth-order valence-electron chi connectivity index (χ4n) is 6.78. The molecule has 2 fully saturated rings. The van der Waals surface area contributed by atoms with E-state index < -0.39 is 29.6 Å². The summed E-state index contributed by atoms with van der Waals surface area (Å²) in [6, 6.07) is 13.4. The molecule has 5 atom stereocenters.